The fraction of sp³-hybridized carbons (Fsp3) is 0.500. The molecular weight excluding hydrogens is 470 g/mol. The van der Waals surface area contributed by atoms with Gasteiger partial charge in [0.05, 0.1) is 24.3 Å². The van der Waals surface area contributed by atoms with Gasteiger partial charge < -0.3 is 14.6 Å². The fourth-order valence-corrected chi connectivity index (χ4v) is 6.33. The summed E-state index contributed by atoms with van der Waals surface area (Å²) in [5, 5.41) is 8.21. The molecule has 2 heterocycles. The van der Waals surface area contributed by atoms with E-state index in [4.69, 9.17) is 17.0 Å². The van der Waals surface area contributed by atoms with E-state index in [0.717, 1.165) is 35.5 Å². The molecule has 0 bridgehead atoms. The van der Waals surface area contributed by atoms with E-state index in [0.29, 0.717) is 37.5 Å². The molecule has 1 saturated heterocycles. The Bertz CT molecular complexity index is 1150. The third kappa shape index (κ3) is 5.68. The third-order valence-corrected chi connectivity index (χ3v) is 8.57. The van der Waals surface area contributed by atoms with Gasteiger partial charge in [-0.1, -0.05) is 25.3 Å². The molecule has 0 radical (unpaired) electrons. The standard InChI is InChI=1S/C24H33N5O3S2/c1-18-15-20(17-25-27-24(33)26-21-7-4-3-5-8-21)19(2)29(18)22-9-6-10-23(16-22)34(30,31)28-11-13-32-14-12-28/h6,9-10,15-17,21H,3-5,7-8,11-14H2,1-2H3,(H2,26,27,33). The first-order valence-electron chi connectivity index (χ1n) is 11.8. The van der Waals surface area contributed by atoms with Gasteiger partial charge in [0.25, 0.3) is 0 Å². The summed E-state index contributed by atoms with van der Waals surface area (Å²) in [5.74, 6) is 0. The second-order valence-corrected chi connectivity index (χ2v) is 11.2. The number of nitrogens with one attached hydrogen (secondary N) is 2. The summed E-state index contributed by atoms with van der Waals surface area (Å²) in [6, 6.07) is 9.53. The van der Waals surface area contributed by atoms with Crippen molar-refractivity contribution in [1.82, 2.24) is 19.6 Å². The highest BCUT2D eigenvalue weighted by molar-refractivity contribution is 7.89. The second-order valence-electron chi connectivity index (χ2n) is 8.85. The van der Waals surface area contributed by atoms with Crippen LogP contribution in [0.2, 0.25) is 0 Å². The zero-order valence-electron chi connectivity index (χ0n) is 19.8. The maximum absolute atomic E-state index is 13.1. The Morgan fingerprint density at radius 3 is 2.62 bits per heavy atom. The lowest BCUT2D eigenvalue weighted by Crippen LogP contribution is -2.40. The number of aromatic nitrogens is 1. The van der Waals surface area contributed by atoms with Gasteiger partial charge in [-0.25, -0.2) is 8.42 Å². The van der Waals surface area contributed by atoms with E-state index in [1.165, 1.54) is 23.6 Å². The summed E-state index contributed by atoms with van der Waals surface area (Å²) in [7, 11) is -3.57. The molecule has 10 heteroatoms. The monoisotopic (exact) mass is 503 g/mol. The van der Waals surface area contributed by atoms with Crippen LogP contribution in [0.1, 0.15) is 49.1 Å². The topological polar surface area (TPSA) is 88.0 Å². The lowest BCUT2D eigenvalue weighted by atomic mass is 9.96. The molecule has 2 N–H and O–H groups in total. The number of morpholine rings is 1. The Morgan fingerprint density at radius 2 is 1.88 bits per heavy atom. The lowest BCUT2D eigenvalue weighted by Gasteiger charge is -2.26. The average Bonchev–Trinajstić information content (AvgIpc) is 3.13. The van der Waals surface area contributed by atoms with E-state index in [1.807, 2.05) is 30.5 Å². The van der Waals surface area contributed by atoms with Crippen molar-refractivity contribution in [3.05, 3.63) is 47.3 Å². The fourth-order valence-electron chi connectivity index (χ4n) is 4.66. The number of thiocarbonyl (C=S) groups is 1. The van der Waals surface area contributed by atoms with Crippen molar-refractivity contribution < 1.29 is 13.2 Å². The van der Waals surface area contributed by atoms with E-state index < -0.39 is 10.0 Å². The number of hydrogen-bond acceptors (Lipinski definition) is 5. The zero-order valence-corrected chi connectivity index (χ0v) is 21.4. The third-order valence-electron chi connectivity index (χ3n) is 6.46. The van der Waals surface area contributed by atoms with Crippen LogP contribution in [-0.2, 0) is 14.8 Å². The van der Waals surface area contributed by atoms with Crippen molar-refractivity contribution in [1.29, 1.82) is 0 Å². The highest BCUT2D eigenvalue weighted by Gasteiger charge is 2.26. The maximum atomic E-state index is 13.1. The van der Waals surface area contributed by atoms with Gasteiger partial charge in [-0.05, 0) is 63.2 Å². The number of nitrogens with zero attached hydrogens (tertiary/aromatic N) is 3. The highest BCUT2D eigenvalue weighted by Crippen LogP contribution is 2.24. The molecule has 2 aromatic rings. The maximum Gasteiger partial charge on any atom is 0.243 e. The van der Waals surface area contributed by atoms with Crippen LogP contribution in [0.25, 0.3) is 5.69 Å². The highest BCUT2D eigenvalue weighted by atomic mass is 32.2. The molecule has 0 unspecified atom stereocenters. The Morgan fingerprint density at radius 1 is 1.15 bits per heavy atom. The molecule has 1 aliphatic carbocycles. The molecule has 0 spiro atoms. The number of sulfonamides is 1. The van der Waals surface area contributed by atoms with E-state index in [2.05, 4.69) is 15.8 Å². The van der Waals surface area contributed by atoms with Gasteiger partial charge in [-0.3, -0.25) is 5.43 Å². The van der Waals surface area contributed by atoms with E-state index in [9.17, 15) is 8.42 Å². The molecule has 34 heavy (non-hydrogen) atoms. The number of aryl methyl sites for hydroxylation is 1. The van der Waals surface area contributed by atoms with Crippen LogP contribution in [0.15, 0.2) is 40.3 Å². The first kappa shape index (κ1) is 24.8. The minimum atomic E-state index is -3.57. The van der Waals surface area contributed by atoms with Crippen molar-refractivity contribution in [2.24, 2.45) is 5.10 Å². The van der Waals surface area contributed by atoms with Crippen LogP contribution < -0.4 is 10.7 Å². The average molecular weight is 504 g/mol. The van der Waals surface area contributed by atoms with Crippen LogP contribution in [-0.4, -0.2) is 61.0 Å². The lowest BCUT2D eigenvalue weighted by molar-refractivity contribution is 0.0730. The van der Waals surface area contributed by atoms with Gasteiger partial charge >= 0.3 is 0 Å². The van der Waals surface area contributed by atoms with Crippen molar-refractivity contribution in [3.8, 4) is 5.69 Å². The normalized spacial score (nSPS) is 18.3. The number of ether oxygens (including phenoxy) is 1. The molecule has 184 valence electrons. The molecule has 2 fully saturated rings. The smallest absolute Gasteiger partial charge is 0.243 e. The summed E-state index contributed by atoms with van der Waals surface area (Å²) in [5.41, 5.74) is 6.62. The molecule has 1 aromatic carbocycles. The first-order chi connectivity index (χ1) is 16.4. The SMILES string of the molecule is Cc1cc(C=NNC(=S)NC2CCCCC2)c(C)n1-c1cccc(S(=O)(=O)N2CCOCC2)c1. The van der Waals surface area contributed by atoms with E-state index in [1.54, 1.807) is 24.4 Å². The summed E-state index contributed by atoms with van der Waals surface area (Å²) < 4.78 is 35.0. The van der Waals surface area contributed by atoms with Crippen LogP contribution in [0.4, 0.5) is 0 Å². The van der Waals surface area contributed by atoms with Crippen LogP contribution in [0.5, 0.6) is 0 Å². The summed E-state index contributed by atoms with van der Waals surface area (Å²) >= 11 is 5.38. The molecule has 0 atom stereocenters. The summed E-state index contributed by atoms with van der Waals surface area (Å²) in [4.78, 5) is 0.287. The Kier molecular flexibility index (Phi) is 8.02. The predicted octanol–water partition coefficient (Wildman–Crippen LogP) is 3.25. The van der Waals surface area contributed by atoms with Gasteiger partial charge in [0, 0.05) is 41.8 Å². The predicted molar refractivity (Wildman–Crippen MR) is 138 cm³/mol. The summed E-state index contributed by atoms with van der Waals surface area (Å²) in [6.45, 7) is 5.58. The minimum Gasteiger partial charge on any atom is -0.379 e. The molecule has 1 saturated carbocycles. The van der Waals surface area contributed by atoms with Crippen LogP contribution in [0.3, 0.4) is 0 Å². The molecule has 4 rings (SSSR count). The van der Waals surface area contributed by atoms with E-state index in [-0.39, 0.29) is 4.90 Å². The first-order valence-corrected chi connectivity index (χ1v) is 13.7. The van der Waals surface area contributed by atoms with Gasteiger partial charge in [-0.15, -0.1) is 0 Å². The minimum absolute atomic E-state index is 0.287. The zero-order chi connectivity index (χ0) is 24.1. The molecule has 0 amide bonds. The van der Waals surface area contributed by atoms with Crippen LogP contribution >= 0.6 is 12.2 Å². The van der Waals surface area contributed by atoms with Crippen molar-refractivity contribution in [2.45, 2.75) is 56.9 Å². The van der Waals surface area contributed by atoms with Gasteiger partial charge in [0.15, 0.2) is 5.11 Å². The van der Waals surface area contributed by atoms with Gasteiger partial charge in [-0.2, -0.15) is 9.41 Å². The van der Waals surface area contributed by atoms with Crippen molar-refractivity contribution in [2.75, 3.05) is 26.3 Å². The molecule has 1 aromatic heterocycles. The molecule has 1 aliphatic heterocycles. The Labute approximate surface area is 207 Å². The van der Waals surface area contributed by atoms with Gasteiger partial charge in [0.2, 0.25) is 10.0 Å². The molecular formula is C24H33N5O3S2. The number of rotatable bonds is 6. The largest absolute Gasteiger partial charge is 0.379 e. The number of benzene rings is 1. The Hall–Kier alpha value is -2.27. The Balaban J connectivity index is 1.48. The summed E-state index contributed by atoms with van der Waals surface area (Å²) in [6.07, 6.45) is 7.82. The van der Waals surface area contributed by atoms with Crippen molar-refractivity contribution in [3.63, 3.8) is 0 Å². The second kappa shape index (κ2) is 11.0. The van der Waals surface area contributed by atoms with E-state index >= 15 is 0 Å². The molecule has 8 nitrogen and oxygen atoms in total. The van der Waals surface area contributed by atoms with Gasteiger partial charge in [0.1, 0.15) is 0 Å². The number of hydrazone groups is 1. The number of hydrogen-bond donors (Lipinski definition) is 2. The quantitative estimate of drug-likeness (QED) is 0.358. The van der Waals surface area contributed by atoms with Crippen molar-refractivity contribution >= 4 is 33.6 Å². The molecule has 2 aliphatic rings. The van der Waals surface area contributed by atoms with Crippen LogP contribution in [0, 0.1) is 13.8 Å².